The van der Waals surface area contributed by atoms with Crippen molar-refractivity contribution in [2.24, 2.45) is 0 Å². The van der Waals surface area contributed by atoms with Crippen LogP contribution in [-0.2, 0) is 6.61 Å². The maximum absolute atomic E-state index is 5.67. The average Bonchev–Trinajstić information content (AvgIpc) is 3.11. The largest absolute Gasteiger partial charge is 0.494 e. The van der Waals surface area contributed by atoms with Gasteiger partial charge in [0.1, 0.15) is 17.9 Å². The molecule has 0 saturated carbocycles. The van der Waals surface area contributed by atoms with Gasteiger partial charge in [0.25, 0.3) is 0 Å². The normalized spacial score (nSPS) is 10.8. The fourth-order valence-corrected chi connectivity index (χ4v) is 2.17. The number of fused-ring (bicyclic) bond motifs is 1. The number of aromatic nitrogens is 5. The second-order valence-corrected chi connectivity index (χ2v) is 5.08. The number of rotatable bonds is 5. The molecule has 4 aromatic rings. The lowest BCUT2D eigenvalue weighted by atomic mass is 10.3. The molecule has 4 aromatic heterocycles. The van der Waals surface area contributed by atoms with Crippen molar-refractivity contribution in [1.82, 2.24) is 24.9 Å². The summed E-state index contributed by atoms with van der Waals surface area (Å²) in [6, 6.07) is 5.45. The molecular weight excluding hydrogens is 322 g/mol. The van der Waals surface area contributed by atoms with Gasteiger partial charge in [0, 0.05) is 18.5 Å². The highest BCUT2D eigenvalue weighted by Crippen LogP contribution is 2.24. The number of pyridine rings is 2. The van der Waals surface area contributed by atoms with E-state index in [9.17, 15) is 0 Å². The summed E-state index contributed by atoms with van der Waals surface area (Å²) in [7, 11) is 1.56. The Hall–Kier alpha value is -3.55. The van der Waals surface area contributed by atoms with Gasteiger partial charge in [-0.1, -0.05) is 0 Å². The fraction of sp³-hybridized carbons (Fsp3) is 0.118. The van der Waals surface area contributed by atoms with Crippen LogP contribution in [0.15, 0.2) is 53.6 Å². The standard InChI is InChI=1S/C17H13N5O3/c1-23-13-8-19-15(20-9-13)10-24-12-5-14-17(21-7-12)25-16(22-14)11-3-2-4-18-6-11/h2-9H,10H2,1H3. The first-order chi connectivity index (χ1) is 12.3. The van der Waals surface area contributed by atoms with Crippen molar-refractivity contribution in [3.05, 3.63) is 55.0 Å². The summed E-state index contributed by atoms with van der Waals surface area (Å²) >= 11 is 0. The number of hydrogen-bond donors (Lipinski definition) is 0. The summed E-state index contributed by atoms with van der Waals surface area (Å²) in [5.74, 6) is 2.15. The lowest BCUT2D eigenvalue weighted by Crippen LogP contribution is -2.01. The van der Waals surface area contributed by atoms with Crippen molar-refractivity contribution in [2.75, 3.05) is 7.11 Å². The molecule has 0 bridgehead atoms. The predicted octanol–water partition coefficient (Wildman–Crippen LogP) is 2.66. The maximum Gasteiger partial charge on any atom is 0.247 e. The molecule has 4 rings (SSSR count). The van der Waals surface area contributed by atoms with E-state index in [0.29, 0.717) is 34.4 Å². The third-order valence-electron chi connectivity index (χ3n) is 3.42. The van der Waals surface area contributed by atoms with Gasteiger partial charge < -0.3 is 13.9 Å². The molecule has 124 valence electrons. The summed E-state index contributed by atoms with van der Waals surface area (Å²) in [5, 5.41) is 0. The SMILES string of the molecule is COc1cnc(COc2cnc3oc(-c4cccnc4)nc3c2)nc1. The maximum atomic E-state index is 5.67. The van der Waals surface area contributed by atoms with Crippen LogP contribution in [0, 0.1) is 0 Å². The van der Waals surface area contributed by atoms with Gasteiger partial charge in [-0.15, -0.1) is 0 Å². The molecule has 0 fully saturated rings. The van der Waals surface area contributed by atoms with Gasteiger partial charge in [-0.05, 0) is 12.1 Å². The van der Waals surface area contributed by atoms with Crippen molar-refractivity contribution in [2.45, 2.75) is 6.61 Å². The third kappa shape index (κ3) is 3.23. The summed E-state index contributed by atoms with van der Waals surface area (Å²) in [5.41, 5.74) is 1.83. The van der Waals surface area contributed by atoms with E-state index in [0.717, 1.165) is 5.56 Å². The Balaban J connectivity index is 1.52. The van der Waals surface area contributed by atoms with Crippen LogP contribution in [0.25, 0.3) is 22.7 Å². The van der Waals surface area contributed by atoms with Crippen molar-refractivity contribution in [3.8, 4) is 23.0 Å². The van der Waals surface area contributed by atoms with E-state index in [4.69, 9.17) is 13.9 Å². The molecule has 0 spiro atoms. The van der Waals surface area contributed by atoms with Crippen LogP contribution in [0.4, 0.5) is 0 Å². The molecule has 0 aliphatic rings. The first-order valence-corrected chi connectivity index (χ1v) is 7.46. The zero-order valence-electron chi connectivity index (χ0n) is 13.3. The molecule has 0 amide bonds. The Morgan fingerprint density at radius 1 is 1.04 bits per heavy atom. The van der Waals surface area contributed by atoms with Crippen molar-refractivity contribution in [1.29, 1.82) is 0 Å². The van der Waals surface area contributed by atoms with E-state index in [1.807, 2.05) is 12.1 Å². The summed E-state index contributed by atoms with van der Waals surface area (Å²) in [6.07, 6.45) is 8.13. The highest BCUT2D eigenvalue weighted by molar-refractivity contribution is 5.73. The van der Waals surface area contributed by atoms with E-state index in [-0.39, 0.29) is 6.61 Å². The van der Waals surface area contributed by atoms with E-state index in [2.05, 4.69) is 24.9 Å². The fourth-order valence-electron chi connectivity index (χ4n) is 2.17. The molecule has 8 heteroatoms. The Morgan fingerprint density at radius 3 is 2.64 bits per heavy atom. The van der Waals surface area contributed by atoms with Gasteiger partial charge in [-0.3, -0.25) is 4.98 Å². The van der Waals surface area contributed by atoms with Crippen LogP contribution >= 0.6 is 0 Å². The van der Waals surface area contributed by atoms with Gasteiger partial charge in [0.15, 0.2) is 11.6 Å². The van der Waals surface area contributed by atoms with Crippen LogP contribution in [-0.4, -0.2) is 32.0 Å². The number of oxazole rings is 1. The topological polar surface area (TPSA) is 96.1 Å². The molecule has 0 N–H and O–H groups in total. The highest BCUT2D eigenvalue weighted by atomic mass is 16.5. The van der Waals surface area contributed by atoms with Crippen LogP contribution in [0.1, 0.15) is 5.82 Å². The minimum Gasteiger partial charge on any atom is -0.494 e. The van der Waals surface area contributed by atoms with Crippen LogP contribution < -0.4 is 9.47 Å². The molecule has 0 aromatic carbocycles. The Morgan fingerprint density at radius 2 is 1.88 bits per heavy atom. The number of ether oxygens (including phenoxy) is 2. The second-order valence-electron chi connectivity index (χ2n) is 5.08. The smallest absolute Gasteiger partial charge is 0.247 e. The van der Waals surface area contributed by atoms with Crippen LogP contribution in [0.3, 0.4) is 0 Å². The minimum atomic E-state index is 0.213. The first-order valence-electron chi connectivity index (χ1n) is 7.46. The molecule has 0 saturated heterocycles. The molecule has 4 heterocycles. The number of methoxy groups -OCH3 is 1. The van der Waals surface area contributed by atoms with Gasteiger partial charge >= 0.3 is 0 Å². The van der Waals surface area contributed by atoms with E-state index in [1.165, 1.54) is 0 Å². The minimum absolute atomic E-state index is 0.213. The van der Waals surface area contributed by atoms with Gasteiger partial charge in [0.05, 0.1) is 31.3 Å². The van der Waals surface area contributed by atoms with Gasteiger partial charge in [0.2, 0.25) is 11.6 Å². The monoisotopic (exact) mass is 335 g/mol. The zero-order chi connectivity index (χ0) is 17.1. The third-order valence-corrected chi connectivity index (χ3v) is 3.42. The number of hydrogen-bond acceptors (Lipinski definition) is 8. The molecule has 0 atom stereocenters. The zero-order valence-corrected chi connectivity index (χ0v) is 13.3. The molecule has 0 radical (unpaired) electrons. The first kappa shape index (κ1) is 15.0. The second kappa shape index (κ2) is 6.52. The molecule has 25 heavy (non-hydrogen) atoms. The molecular formula is C17H13N5O3. The predicted molar refractivity (Wildman–Crippen MR) is 88.0 cm³/mol. The Bertz CT molecular complexity index is 986. The van der Waals surface area contributed by atoms with Gasteiger partial charge in [-0.25, -0.2) is 19.9 Å². The lowest BCUT2D eigenvalue weighted by molar-refractivity contribution is 0.294. The van der Waals surface area contributed by atoms with E-state index < -0.39 is 0 Å². The van der Waals surface area contributed by atoms with Crippen molar-refractivity contribution >= 4 is 11.2 Å². The summed E-state index contributed by atoms with van der Waals surface area (Å²) < 4.78 is 16.3. The van der Waals surface area contributed by atoms with Crippen molar-refractivity contribution in [3.63, 3.8) is 0 Å². The lowest BCUT2D eigenvalue weighted by Gasteiger charge is -2.04. The Kier molecular flexibility index (Phi) is 3.91. The van der Waals surface area contributed by atoms with Gasteiger partial charge in [-0.2, -0.15) is 0 Å². The van der Waals surface area contributed by atoms with Crippen molar-refractivity contribution < 1.29 is 13.9 Å². The number of nitrogens with zero attached hydrogens (tertiary/aromatic N) is 5. The Labute approximate surface area is 142 Å². The quantitative estimate of drug-likeness (QED) is 0.549. The van der Waals surface area contributed by atoms with Crippen LogP contribution in [0.2, 0.25) is 0 Å². The summed E-state index contributed by atoms with van der Waals surface area (Å²) in [4.78, 5) is 21.0. The summed E-state index contributed by atoms with van der Waals surface area (Å²) in [6.45, 7) is 0.213. The molecule has 0 unspecified atom stereocenters. The molecule has 0 aliphatic carbocycles. The molecule has 8 nitrogen and oxygen atoms in total. The average molecular weight is 335 g/mol. The highest BCUT2D eigenvalue weighted by Gasteiger charge is 2.10. The van der Waals surface area contributed by atoms with E-state index in [1.54, 1.807) is 44.2 Å². The van der Waals surface area contributed by atoms with Crippen LogP contribution in [0.5, 0.6) is 11.5 Å². The molecule has 0 aliphatic heterocycles. The van der Waals surface area contributed by atoms with E-state index >= 15 is 0 Å².